The zero-order valence-corrected chi connectivity index (χ0v) is 11.8. The zero-order valence-electron chi connectivity index (χ0n) is 11.8. The maximum absolute atomic E-state index is 11.9. The van der Waals surface area contributed by atoms with Gasteiger partial charge >= 0.3 is 5.97 Å². The van der Waals surface area contributed by atoms with E-state index in [1.165, 1.54) is 0 Å². The van der Waals surface area contributed by atoms with E-state index in [0.717, 1.165) is 16.3 Å². The summed E-state index contributed by atoms with van der Waals surface area (Å²) in [5, 5.41) is 13.1. The highest BCUT2D eigenvalue weighted by Crippen LogP contribution is 2.16. The van der Waals surface area contributed by atoms with Gasteiger partial charge in [0.2, 0.25) is 11.8 Å². The standard InChI is InChI=1S/C16H16N2O4/c17-16(22)13(9-15(20)21)18-14(19)8-10-5-6-11-3-1-2-4-12(11)7-10/h1-7,13H,8-9H2,(H2,17,22)(H,18,19)(H,20,21)/t13-/m1/s1. The lowest BCUT2D eigenvalue weighted by atomic mass is 10.0. The van der Waals surface area contributed by atoms with Gasteiger partial charge in [-0.15, -0.1) is 0 Å². The summed E-state index contributed by atoms with van der Waals surface area (Å²) >= 11 is 0. The van der Waals surface area contributed by atoms with Crippen molar-refractivity contribution in [2.45, 2.75) is 18.9 Å². The Hall–Kier alpha value is -2.89. The summed E-state index contributed by atoms with van der Waals surface area (Å²) in [5.41, 5.74) is 5.86. The average Bonchev–Trinajstić information content (AvgIpc) is 2.45. The van der Waals surface area contributed by atoms with Crippen LogP contribution >= 0.6 is 0 Å². The van der Waals surface area contributed by atoms with Gasteiger partial charge in [-0.05, 0) is 16.3 Å². The molecule has 0 aliphatic rings. The molecule has 2 aromatic carbocycles. The smallest absolute Gasteiger partial charge is 0.305 e. The van der Waals surface area contributed by atoms with Gasteiger partial charge in [-0.2, -0.15) is 0 Å². The number of hydrogen-bond acceptors (Lipinski definition) is 3. The first-order valence-corrected chi connectivity index (χ1v) is 6.74. The lowest BCUT2D eigenvalue weighted by molar-refractivity contribution is -0.140. The van der Waals surface area contributed by atoms with E-state index in [4.69, 9.17) is 10.8 Å². The van der Waals surface area contributed by atoms with Crippen LogP contribution in [0.5, 0.6) is 0 Å². The zero-order chi connectivity index (χ0) is 16.1. The molecule has 0 saturated heterocycles. The molecule has 0 saturated carbocycles. The summed E-state index contributed by atoms with van der Waals surface area (Å²) in [6, 6.07) is 12.1. The number of nitrogens with two attached hydrogens (primary N) is 1. The molecular formula is C16H16N2O4. The Morgan fingerprint density at radius 3 is 2.41 bits per heavy atom. The fourth-order valence-corrected chi connectivity index (χ4v) is 2.18. The van der Waals surface area contributed by atoms with Crippen molar-refractivity contribution in [1.29, 1.82) is 0 Å². The topological polar surface area (TPSA) is 109 Å². The quantitative estimate of drug-likeness (QED) is 0.734. The Morgan fingerprint density at radius 1 is 1.09 bits per heavy atom. The van der Waals surface area contributed by atoms with Crippen molar-refractivity contribution in [3.05, 3.63) is 48.0 Å². The molecule has 2 aromatic rings. The van der Waals surface area contributed by atoms with E-state index in [9.17, 15) is 14.4 Å². The molecule has 4 N–H and O–H groups in total. The van der Waals surface area contributed by atoms with Gasteiger partial charge in [-0.3, -0.25) is 14.4 Å². The molecular weight excluding hydrogens is 284 g/mol. The number of carboxylic acids is 1. The number of nitrogens with one attached hydrogen (secondary N) is 1. The minimum Gasteiger partial charge on any atom is -0.481 e. The molecule has 22 heavy (non-hydrogen) atoms. The van der Waals surface area contributed by atoms with Crippen molar-refractivity contribution in [3.8, 4) is 0 Å². The number of rotatable bonds is 6. The molecule has 0 bridgehead atoms. The van der Waals surface area contributed by atoms with Crippen molar-refractivity contribution in [2.75, 3.05) is 0 Å². The number of primary amides is 1. The molecule has 6 nitrogen and oxygen atoms in total. The normalized spacial score (nSPS) is 11.8. The van der Waals surface area contributed by atoms with Crippen LogP contribution in [0.2, 0.25) is 0 Å². The van der Waals surface area contributed by atoms with Crippen LogP contribution in [0.25, 0.3) is 10.8 Å². The second-order valence-corrected chi connectivity index (χ2v) is 4.98. The van der Waals surface area contributed by atoms with E-state index in [1.54, 1.807) is 0 Å². The van der Waals surface area contributed by atoms with E-state index >= 15 is 0 Å². The second kappa shape index (κ2) is 6.71. The molecule has 114 valence electrons. The molecule has 2 rings (SSSR count). The minimum absolute atomic E-state index is 0.0498. The number of fused-ring (bicyclic) bond motifs is 1. The van der Waals surface area contributed by atoms with Gasteiger partial charge in [0.05, 0.1) is 12.8 Å². The molecule has 1 atom stereocenters. The maximum Gasteiger partial charge on any atom is 0.305 e. The lowest BCUT2D eigenvalue weighted by Crippen LogP contribution is -2.46. The van der Waals surface area contributed by atoms with Gasteiger partial charge in [0.15, 0.2) is 0 Å². The molecule has 0 aliphatic carbocycles. The van der Waals surface area contributed by atoms with Gasteiger partial charge < -0.3 is 16.2 Å². The molecule has 0 spiro atoms. The Morgan fingerprint density at radius 2 is 1.77 bits per heavy atom. The highest BCUT2D eigenvalue weighted by atomic mass is 16.4. The molecule has 0 fully saturated rings. The number of carboxylic acid groups (broad SMARTS) is 1. The first-order chi connectivity index (χ1) is 10.5. The van der Waals surface area contributed by atoms with E-state index in [1.807, 2.05) is 42.5 Å². The van der Waals surface area contributed by atoms with Crippen LogP contribution in [0.3, 0.4) is 0 Å². The highest BCUT2D eigenvalue weighted by Gasteiger charge is 2.21. The molecule has 0 aromatic heterocycles. The molecule has 0 heterocycles. The molecule has 0 aliphatic heterocycles. The van der Waals surface area contributed by atoms with E-state index in [2.05, 4.69) is 5.32 Å². The summed E-state index contributed by atoms with van der Waals surface area (Å²) in [6.07, 6.45) is -0.479. The summed E-state index contributed by atoms with van der Waals surface area (Å²) in [6.45, 7) is 0. The average molecular weight is 300 g/mol. The first kappa shape index (κ1) is 15.5. The first-order valence-electron chi connectivity index (χ1n) is 6.74. The van der Waals surface area contributed by atoms with Gasteiger partial charge in [0.25, 0.3) is 0 Å². The number of amides is 2. The molecule has 0 unspecified atom stereocenters. The Bertz CT molecular complexity index is 727. The Balaban J connectivity index is 2.06. The van der Waals surface area contributed by atoms with Gasteiger partial charge in [0.1, 0.15) is 6.04 Å². The fraction of sp³-hybridized carbons (Fsp3) is 0.188. The van der Waals surface area contributed by atoms with Crippen LogP contribution in [0.15, 0.2) is 42.5 Å². The third kappa shape index (κ3) is 4.05. The fourth-order valence-electron chi connectivity index (χ4n) is 2.18. The van der Waals surface area contributed by atoms with Crippen molar-refractivity contribution in [1.82, 2.24) is 5.32 Å². The largest absolute Gasteiger partial charge is 0.481 e. The number of carbonyl (C=O) groups is 3. The third-order valence-corrected chi connectivity index (χ3v) is 3.24. The molecule has 2 amide bonds. The SMILES string of the molecule is NC(=O)[C@@H](CC(=O)O)NC(=O)Cc1ccc2ccccc2c1. The predicted octanol–water partition coefficient (Wildman–Crippen LogP) is 0.827. The molecule has 0 radical (unpaired) electrons. The van der Waals surface area contributed by atoms with Crippen LogP contribution in [-0.2, 0) is 20.8 Å². The van der Waals surface area contributed by atoms with Crippen molar-refractivity contribution < 1.29 is 19.5 Å². The summed E-state index contributed by atoms with van der Waals surface area (Å²) in [5.74, 6) is -2.51. The summed E-state index contributed by atoms with van der Waals surface area (Å²) in [7, 11) is 0. The van der Waals surface area contributed by atoms with Crippen molar-refractivity contribution >= 4 is 28.6 Å². The minimum atomic E-state index is -1.20. The lowest BCUT2D eigenvalue weighted by Gasteiger charge is -2.13. The van der Waals surface area contributed by atoms with Crippen LogP contribution < -0.4 is 11.1 Å². The second-order valence-electron chi connectivity index (χ2n) is 4.98. The number of aliphatic carboxylic acids is 1. The van der Waals surface area contributed by atoms with Crippen molar-refractivity contribution in [2.24, 2.45) is 5.73 Å². The molecule has 6 heteroatoms. The van der Waals surface area contributed by atoms with Gasteiger partial charge in [-0.1, -0.05) is 42.5 Å². The summed E-state index contributed by atoms with van der Waals surface area (Å²) < 4.78 is 0. The van der Waals surface area contributed by atoms with E-state index in [0.29, 0.717) is 0 Å². The number of benzene rings is 2. The Kier molecular flexibility index (Phi) is 4.73. The monoisotopic (exact) mass is 300 g/mol. The van der Waals surface area contributed by atoms with Crippen LogP contribution in [-0.4, -0.2) is 28.9 Å². The van der Waals surface area contributed by atoms with Crippen molar-refractivity contribution in [3.63, 3.8) is 0 Å². The highest BCUT2D eigenvalue weighted by molar-refractivity contribution is 5.91. The van der Waals surface area contributed by atoms with Gasteiger partial charge in [0, 0.05) is 0 Å². The predicted molar refractivity (Wildman–Crippen MR) is 81.0 cm³/mol. The number of carbonyl (C=O) groups excluding carboxylic acids is 2. The van der Waals surface area contributed by atoms with Gasteiger partial charge in [-0.25, -0.2) is 0 Å². The summed E-state index contributed by atoms with van der Waals surface area (Å²) in [4.78, 5) is 33.7. The Labute approximate surface area is 126 Å². The van der Waals surface area contributed by atoms with Crippen LogP contribution in [0.1, 0.15) is 12.0 Å². The van der Waals surface area contributed by atoms with Crippen LogP contribution in [0, 0.1) is 0 Å². The number of hydrogen-bond donors (Lipinski definition) is 3. The van der Waals surface area contributed by atoms with Crippen LogP contribution in [0.4, 0.5) is 0 Å². The van der Waals surface area contributed by atoms with E-state index in [-0.39, 0.29) is 6.42 Å². The van der Waals surface area contributed by atoms with E-state index < -0.39 is 30.2 Å². The maximum atomic E-state index is 11.9. The third-order valence-electron chi connectivity index (χ3n) is 3.24.